The fraction of sp³-hybridized carbons (Fsp3) is 0.364. The zero-order valence-electron chi connectivity index (χ0n) is 9.07. The second-order valence-corrected chi connectivity index (χ2v) is 4.28. The van der Waals surface area contributed by atoms with Crippen molar-refractivity contribution in [3.05, 3.63) is 28.2 Å². The van der Waals surface area contributed by atoms with Gasteiger partial charge in [0.1, 0.15) is 11.9 Å². The van der Waals surface area contributed by atoms with Crippen molar-refractivity contribution in [2.45, 2.75) is 13.0 Å². The lowest BCUT2D eigenvalue weighted by molar-refractivity contribution is 0.0694. The van der Waals surface area contributed by atoms with Crippen LogP contribution in [0.2, 0.25) is 0 Å². The van der Waals surface area contributed by atoms with E-state index in [0.717, 1.165) is 0 Å². The van der Waals surface area contributed by atoms with E-state index in [-0.39, 0.29) is 11.7 Å². The molecule has 0 bridgehead atoms. The first-order chi connectivity index (χ1) is 7.52. The van der Waals surface area contributed by atoms with Crippen molar-refractivity contribution in [1.82, 2.24) is 0 Å². The zero-order valence-corrected chi connectivity index (χ0v) is 10.7. The number of hydrogen-bond acceptors (Lipinski definition) is 3. The maximum absolute atomic E-state index is 10.8. The summed E-state index contributed by atoms with van der Waals surface area (Å²) in [6.07, 6.45) is -0.124. The number of halogens is 1. The van der Waals surface area contributed by atoms with Crippen molar-refractivity contribution >= 4 is 21.9 Å². The van der Waals surface area contributed by atoms with E-state index in [2.05, 4.69) is 15.9 Å². The van der Waals surface area contributed by atoms with E-state index >= 15 is 0 Å². The molecule has 1 unspecified atom stereocenters. The number of ether oxygens (including phenoxy) is 2. The fourth-order valence-electron chi connectivity index (χ4n) is 1.26. The zero-order chi connectivity index (χ0) is 12.1. The van der Waals surface area contributed by atoms with Gasteiger partial charge in [-0.15, -0.1) is 0 Å². The Hall–Kier alpha value is -1.07. The Morgan fingerprint density at radius 3 is 2.75 bits per heavy atom. The molecule has 0 aromatic heterocycles. The average molecular weight is 289 g/mol. The van der Waals surface area contributed by atoms with Crippen LogP contribution in [0.4, 0.5) is 0 Å². The standard InChI is InChI=1S/C11H13BrO4/c1-7(6-15-2)16-10-4-8(11(13)14)3-9(12)5-10/h3-5,7H,6H2,1-2H3,(H,13,14). The first-order valence-corrected chi connectivity index (χ1v) is 5.51. The molecule has 0 aliphatic heterocycles. The summed E-state index contributed by atoms with van der Waals surface area (Å²) in [7, 11) is 1.59. The minimum Gasteiger partial charge on any atom is -0.488 e. The molecule has 0 radical (unpaired) electrons. The van der Waals surface area contributed by atoms with E-state index in [1.54, 1.807) is 13.2 Å². The van der Waals surface area contributed by atoms with Crippen LogP contribution in [0.5, 0.6) is 5.75 Å². The molecule has 0 aliphatic carbocycles. The van der Waals surface area contributed by atoms with E-state index in [4.69, 9.17) is 14.6 Å². The van der Waals surface area contributed by atoms with Gasteiger partial charge in [-0.05, 0) is 25.1 Å². The molecule has 1 rings (SSSR count). The molecular formula is C11H13BrO4. The predicted octanol–water partition coefficient (Wildman–Crippen LogP) is 2.56. The second-order valence-electron chi connectivity index (χ2n) is 3.36. The Morgan fingerprint density at radius 2 is 2.19 bits per heavy atom. The molecule has 88 valence electrons. The maximum atomic E-state index is 10.8. The number of methoxy groups -OCH3 is 1. The van der Waals surface area contributed by atoms with Gasteiger partial charge in [0.15, 0.2) is 0 Å². The molecule has 4 nitrogen and oxygen atoms in total. The summed E-state index contributed by atoms with van der Waals surface area (Å²) in [4.78, 5) is 10.8. The smallest absolute Gasteiger partial charge is 0.335 e. The number of benzene rings is 1. The molecule has 0 aliphatic rings. The van der Waals surface area contributed by atoms with Crippen LogP contribution in [0, 0.1) is 0 Å². The molecular weight excluding hydrogens is 276 g/mol. The highest BCUT2D eigenvalue weighted by molar-refractivity contribution is 9.10. The average Bonchev–Trinajstić information content (AvgIpc) is 2.16. The quantitative estimate of drug-likeness (QED) is 0.905. The van der Waals surface area contributed by atoms with Crippen molar-refractivity contribution in [1.29, 1.82) is 0 Å². The van der Waals surface area contributed by atoms with Gasteiger partial charge < -0.3 is 14.6 Å². The van der Waals surface area contributed by atoms with Gasteiger partial charge in [-0.3, -0.25) is 0 Å². The van der Waals surface area contributed by atoms with Gasteiger partial charge >= 0.3 is 5.97 Å². The van der Waals surface area contributed by atoms with Crippen molar-refractivity contribution in [3.63, 3.8) is 0 Å². The minimum absolute atomic E-state index is 0.124. The molecule has 1 N–H and O–H groups in total. The lowest BCUT2D eigenvalue weighted by atomic mass is 10.2. The Labute approximate surface area is 102 Å². The number of carboxylic acid groups (broad SMARTS) is 1. The summed E-state index contributed by atoms with van der Waals surface area (Å²) < 4.78 is 11.1. The number of aromatic carboxylic acids is 1. The molecule has 0 saturated heterocycles. The van der Waals surface area contributed by atoms with Crippen LogP contribution in [0.25, 0.3) is 0 Å². The number of hydrogen-bond donors (Lipinski definition) is 1. The summed E-state index contributed by atoms with van der Waals surface area (Å²) in [5.41, 5.74) is 0.189. The van der Waals surface area contributed by atoms with Gasteiger partial charge in [0.05, 0.1) is 12.2 Å². The van der Waals surface area contributed by atoms with Crippen molar-refractivity contribution in [3.8, 4) is 5.75 Å². The maximum Gasteiger partial charge on any atom is 0.335 e. The number of carboxylic acids is 1. The monoisotopic (exact) mass is 288 g/mol. The van der Waals surface area contributed by atoms with Gasteiger partial charge in [-0.25, -0.2) is 4.79 Å². The van der Waals surface area contributed by atoms with E-state index < -0.39 is 5.97 Å². The molecule has 1 aromatic carbocycles. The minimum atomic E-state index is -0.981. The molecule has 0 amide bonds. The normalized spacial score (nSPS) is 12.2. The summed E-state index contributed by atoms with van der Waals surface area (Å²) in [5, 5.41) is 8.87. The topological polar surface area (TPSA) is 55.8 Å². The van der Waals surface area contributed by atoms with Crippen LogP contribution < -0.4 is 4.74 Å². The summed E-state index contributed by atoms with van der Waals surface area (Å²) in [5.74, 6) is -0.470. The summed E-state index contributed by atoms with van der Waals surface area (Å²) in [6.45, 7) is 2.31. The van der Waals surface area contributed by atoms with Gasteiger partial charge in [-0.2, -0.15) is 0 Å². The van der Waals surface area contributed by atoms with Crippen molar-refractivity contribution in [2.75, 3.05) is 13.7 Å². The molecule has 0 spiro atoms. The lowest BCUT2D eigenvalue weighted by Crippen LogP contribution is -2.18. The van der Waals surface area contributed by atoms with Gasteiger partial charge in [0, 0.05) is 11.6 Å². The molecule has 1 atom stereocenters. The van der Waals surface area contributed by atoms with E-state index in [9.17, 15) is 4.79 Å². The fourth-order valence-corrected chi connectivity index (χ4v) is 1.73. The largest absolute Gasteiger partial charge is 0.488 e. The Balaban J connectivity index is 2.84. The van der Waals surface area contributed by atoms with Crippen molar-refractivity contribution < 1.29 is 19.4 Å². The van der Waals surface area contributed by atoms with Crippen LogP contribution in [0.15, 0.2) is 22.7 Å². The molecule has 0 saturated carbocycles. The van der Waals surface area contributed by atoms with Crippen molar-refractivity contribution in [2.24, 2.45) is 0 Å². The molecule has 0 heterocycles. The summed E-state index contributed by atoms with van der Waals surface area (Å²) in [6, 6.07) is 4.73. The number of carbonyl (C=O) groups is 1. The van der Waals surface area contributed by atoms with Gasteiger partial charge in [0.25, 0.3) is 0 Å². The lowest BCUT2D eigenvalue weighted by Gasteiger charge is -2.14. The molecule has 1 aromatic rings. The third-order valence-electron chi connectivity index (χ3n) is 1.86. The highest BCUT2D eigenvalue weighted by atomic mass is 79.9. The Bertz CT molecular complexity index is 378. The van der Waals surface area contributed by atoms with E-state index in [1.807, 2.05) is 6.92 Å². The van der Waals surface area contributed by atoms with Crippen LogP contribution >= 0.6 is 15.9 Å². The first-order valence-electron chi connectivity index (χ1n) is 4.72. The van der Waals surface area contributed by atoms with Crippen LogP contribution in [0.3, 0.4) is 0 Å². The SMILES string of the molecule is COCC(C)Oc1cc(Br)cc(C(=O)O)c1. The number of rotatable bonds is 5. The van der Waals surface area contributed by atoms with Crippen LogP contribution in [-0.2, 0) is 4.74 Å². The Kier molecular flexibility index (Phi) is 4.76. The van der Waals surface area contributed by atoms with Crippen LogP contribution in [0.1, 0.15) is 17.3 Å². The van der Waals surface area contributed by atoms with E-state index in [0.29, 0.717) is 16.8 Å². The highest BCUT2D eigenvalue weighted by Gasteiger charge is 2.09. The molecule has 0 fully saturated rings. The molecule has 5 heteroatoms. The summed E-state index contributed by atoms with van der Waals surface area (Å²) >= 11 is 3.24. The molecule has 16 heavy (non-hydrogen) atoms. The third kappa shape index (κ3) is 3.83. The first kappa shape index (κ1) is 13.0. The second kappa shape index (κ2) is 5.86. The highest BCUT2D eigenvalue weighted by Crippen LogP contribution is 2.22. The van der Waals surface area contributed by atoms with Gasteiger partial charge in [0.2, 0.25) is 0 Å². The Morgan fingerprint density at radius 1 is 1.50 bits per heavy atom. The van der Waals surface area contributed by atoms with E-state index in [1.165, 1.54) is 12.1 Å². The van der Waals surface area contributed by atoms with Gasteiger partial charge in [-0.1, -0.05) is 15.9 Å². The predicted molar refractivity (Wildman–Crippen MR) is 63.1 cm³/mol. The third-order valence-corrected chi connectivity index (χ3v) is 2.31. The van der Waals surface area contributed by atoms with Crippen LogP contribution in [-0.4, -0.2) is 30.9 Å².